The molecule has 0 bridgehead atoms. The second-order valence-electron chi connectivity index (χ2n) is 6.91. The summed E-state index contributed by atoms with van der Waals surface area (Å²) in [5.41, 5.74) is 1.45. The van der Waals surface area contributed by atoms with E-state index >= 15 is 0 Å². The van der Waals surface area contributed by atoms with Crippen LogP contribution in [0.5, 0.6) is 11.5 Å². The maximum absolute atomic E-state index is 12.8. The highest BCUT2D eigenvalue weighted by Gasteiger charge is 2.30. The van der Waals surface area contributed by atoms with E-state index < -0.39 is 23.9 Å². The van der Waals surface area contributed by atoms with Crippen molar-refractivity contribution >= 4 is 17.6 Å². The highest BCUT2D eigenvalue weighted by molar-refractivity contribution is 5.95. The van der Waals surface area contributed by atoms with E-state index in [0.717, 1.165) is 12.0 Å². The van der Waals surface area contributed by atoms with Crippen LogP contribution in [-0.4, -0.2) is 24.8 Å². The second kappa shape index (κ2) is 8.78. The third-order valence-electron chi connectivity index (χ3n) is 4.93. The Kier molecular flexibility index (Phi) is 6.19. The van der Waals surface area contributed by atoms with Crippen LogP contribution in [0.4, 0.5) is 5.69 Å². The summed E-state index contributed by atoms with van der Waals surface area (Å²) < 4.78 is 16.1. The minimum absolute atomic E-state index is 0.0963. The highest BCUT2D eigenvalue weighted by atomic mass is 16.7. The molecular formula is C22H25NO5. The number of nitrogens with one attached hydrogen (secondary N) is 1. The van der Waals surface area contributed by atoms with Crippen LogP contribution in [-0.2, 0) is 14.3 Å². The van der Waals surface area contributed by atoms with Crippen LogP contribution in [0.2, 0.25) is 0 Å². The van der Waals surface area contributed by atoms with E-state index in [1.54, 1.807) is 25.1 Å². The fourth-order valence-electron chi connectivity index (χ4n) is 3.11. The zero-order valence-electron chi connectivity index (χ0n) is 16.3. The summed E-state index contributed by atoms with van der Waals surface area (Å²) in [5, 5.41) is 2.75. The van der Waals surface area contributed by atoms with Gasteiger partial charge in [-0.1, -0.05) is 50.6 Å². The van der Waals surface area contributed by atoms with Crippen LogP contribution in [0.3, 0.4) is 0 Å². The monoisotopic (exact) mass is 383 g/mol. The van der Waals surface area contributed by atoms with Gasteiger partial charge in [-0.2, -0.15) is 0 Å². The molecule has 0 aliphatic carbocycles. The Balaban J connectivity index is 1.65. The number of anilines is 1. The molecule has 1 aliphatic heterocycles. The van der Waals surface area contributed by atoms with Gasteiger partial charge in [-0.3, -0.25) is 9.59 Å². The van der Waals surface area contributed by atoms with Gasteiger partial charge in [-0.05, 0) is 30.5 Å². The standard InChI is InChI=1S/C22H25NO5/c1-4-14(2)20(16-8-6-5-7-9-16)22(25)28-15(3)21(24)23-17-10-11-18-19(12-17)27-13-26-18/h5-12,14-15,20H,4,13H2,1-3H3,(H,23,24)/t14-,15+,20-/m1/s1. The van der Waals surface area contributed by atoms with Gasteiger partial charge in [0.05, 0.1) is 5.92 Å². The fraction of sp³-hybridized carbons (Fsp3) is 0.364. The molecule has 2 aromatic carbocycles. The average molecular weight is 383 g/mol. The van der Waals surface area contributed by atoms with Gasteiger partial charge >= 0.3 is 5.97 Å². The highest BCUT2D eigenvalue weighted by Crippen LogP contribution is 2.34. The van der Waals surface area contributed by atoms with E-state index in [1.165, 1.54) is 0 Å². The fourth-order valence-corrected chi connectivity index (χ4v) is 3.11. The summed E-state index contributed by atoms with van der Waals surface area (Å²) in [5.74, 6) is 0.100. The number of rotatable bonds is 7. The van der Waals surface area contributed by atoms with Crippen LogP contribution in [0.15, 0.2) is 48.5 Å². The average Bonchev–Trinajstić information content (AvgIpc) is 3.16. The van der Waals surface area contributed by atoms with Crippen molar-refractivity contribution in [3.8, 4) is 11.5 Å². The molecule has 148 valence electrons. The van der Waals surface area contributed by atoms with Crippen LogP contribution >= 0.6 is 0 Å². The van der Waals surface area contributed by atoms with Gasteiger partial charge in [0.1, 0.15) is 0 Å². The molecule has 2 aromatic rings. The molecule has 6 nitrogen and oxygen atoms in total. The molecule has 0 spiro atoms. The third kappa shape index (κ3) is 4.44. The zero-order valence-corrected chi connectivity index (χ0v) is 16.3. The second-order valence-corrected chi connectivity index (χ2v) is 6.91. The lowest BCUT2D eigenvalue weighted by Crippen LogP contribution is -2.33. The molecule has 1 N–H and O–H groups in total. The first-order chi connectivity index (χ1) is 13.5. The van der Waals surface area contributed by atoms with E-state index in [4.69, 9.17) is 14.2 Å². The number of benzene rings is 2. The Bertz CT molecular complexity index is 836. The summed E-state index contributed by atoms with van der Waals surface area (Å²) in [4.78, 5) is 25.3. The van der Waals surface area contributed by atoms with Crippen molar-refractivity contribution in [3.05, 3.63) is 54.1 Å². The Morgan fingerprint density at radius 3 is 2.50 bits per heavy atom. The number of hydrogen-bond donors (Lipinski definition) is 1. The minimum atomic E-state index is -0.923. The molecule has 1 heterocycles. The van der Waals surface area contributed by atoms with Crippen molar-refractivity contribution in [2.24, 2.45) is 5.92 Å². The van der Waals surface area contributed by atoms with Crippen LogP contribution < -0.4 is 14.8 Å². The van der Waals surface area contributed by atoms with Gasteiger partial charge in [-0.15, -0.1) is 0 Å². The normalized spacial score (nSPS) is 15.4. The van der Waals surface area contributed by atoms with E-state index in [9.17, 15) is 9.59 Å². The third-order valence-corrected chi connectivity index (χ3v) is 4.93. The maximum atomic E-state index is 12.8. The van der Waals surface area contributed by atoms with E-state index in [-0.39, 0.29) is 12.7 Å². The number of hydrogen-bond acceptors (Lipinski definition) is 5. The molecule has 1 amide bonds. The summed E-state index contributed by atoms with van der Waals surface area (Å²) in [7, 11) is 0. The first-order valence-corrected chi connectivity index (χ1v) is 9.45. The van der Waals surface area contributed by atoms with Crippen molar-refractivity contribution in [2.45, 2.75) is 39.2 Å². The van der Waals surface area contributed by atoms with Gasteiger partial charge in [0.15, 0.2) is 17.6 Å². The molecule has 6 heteroatoms. The Labute approximate surface area is 164 Å². The zero-order chi connectivity index (χ0) is 20.1. The van der Waals surface area contributed by atoms with Crippen LogP contribution in [0.25, 0.3) is 0 Å². The first kappa shape index (κ1) is 19.7. The van der Waals surface area contributed by atoms with Gasteiger partial charge in [0.2, 0.25) is 6.79 Å². The molecule has 0 fully saturated rings. The molecule has 0 aromatic heterocycles. The van der Waals surface area contributed by atoms with Crippen molar-refractivity contribution in [3.63, 3.8) is 0 Å². The number of carbonyl (C=O) groups excluding carboxylic acids is 2. The number of amides is 1. The molecule has 0 radical (unpaired) electrons. The summed E-state index contributed by atoms with van der Waals surface area (Å²) in [6, 6.07) is 14.6. The number of esters is 1. The minimum Gasteiger partial charge on any atom is -0.454 e. The van der Waals surface area contributed by atoms with Crippen LogP contribution in [0.1, 0.15) is 38.7 Å². The van der Waals surface area contributed by atoms with E-state index in [2.05, 4.69) is 5.32 Å². The van der Waals surface area contributed by atoms with E-state index in [0.29, 0.717) is 17.2 Å². The van der Waals surface area contributed by atoms with Gasteiger partial charge in [-0.25, -0.2) is 0 Å². The lowest BCUT2D eigenvalue weighted by molar-refractivity contribution is -0.155. The van der Waals surface area contributed by atoms with Crippen LogP contribution in [0, 0.1) is 5.92 Å². The quantitative estimate of drug-likeness (QED) is 0.728. The number of carbonyl (C=O) groups is 2. The van der Waals surface area contributed by atoms with E-state index in [1.807, 2.05) is 44.2 Å². The SMILES string of the molecule is CC[C@@H](C)[C@@H](C(=O)O[C@@H](C)C(=O)Nc1ccc2c(c1)OCO2)c1ccccc1. The lowest BCUT2D eigenvalue weighted by atomic mass is 9.85. The molecule has 3 rings (SSSR count). The predicted molar refractivity (Wildman–Crippen MR) is 105 cm³/mol. The number of ether oxygens (including phenoxy) is 3. The summed E-state index contributed by atoms with van der Waals surface area (Å²) >= 11 is 0. The molecular weight excluding hydrogens is 358 g/mol. The topological polar surface area (TPSA) is 73.9 Å². The molecule has 1 aliphatic rings. The largest absolute Gasteiger partial charge is 0.454 e. The molecule has 28 heavy (non-hydrogen) atoms. The number of fused-ring (bicyclic) bond motifs is 1. The summed E-state index contributed by atoms with van der Waals surface area (Å²) in [6.45, 7) is 5.77. The predicted octanol–water partition coefficient (Wildman–Crippen LogP) is 4.12. The summed E-state index contributed by atoms with van der Waals surface area (Å²) in [6.07, 6.45) is -0.0971. The first-order valence-electron chi connectivity index (χ1n) is 9.45. The van der Waals surface area contributed by atoms with Crippen molar-refractivity contribution in [2.75, 3.05) is 12.1 Å². The van der Waals surface area contributed by atoms with Gasteiger partial charge in [0, 0.05) is 11.8 Å². The van der Waals surface area contributed by atoms with Crippen molar-refractivity contribution in [1.82, 2.24) is 0 Å². The molecule has 0 unspecified atom stereocenters. The van der Waals surface area contributed by atoms with Crippen molar-refractivity contribution in [1.29, 1.82) is 0 Å². The smallest absolute Gasteiger partial charge is 0.314 e. The molecule has 0 saturated carbocycles. The molecule has 3 atom stereocenters. The maximum Gasteiger partial charge on any atom is 0.314 e. The van der Waals surface area contributed by atoms with Gasteiger partial charge < -0.3 is 19.5 Å². The Morgan fingerprint density at radius 2 is 1.79 bits per heavy atom. The lowest BCUT2D eigenvalue weighted by Gasteiger charge is -2.24. The molecule has 0 saturated heterocycles. The van der Waals surface area contributed by atoms with Crippen molar-refractivity contribution < 1.29 is 23.8 Å². The Hall–Kier alpha value is -3.02. The Morgan fingerprint density at radius 1 is 1.07 bits per heavy atom. The van der Waals surface area contributed by atoms with Gasteiger partial charge in [0.25, 0.3) is 5.91 Å².